The van der Waals surface area contributed by atoms with Gasteiger partial charge < -0.3 is 9.47 Å². The van der Waals surface area contributed by atoms with Gasteiger partial charge >= 0.3 is 0 Å². The molecule has 0 N–H and O–H groups in total. The molecule has 19 heavy (non-hydrogen) atoms. The zero-order valence-corrected chi connectivity index (χ0v) is 12.4. The second-order valence-electron chi connectivity index (χ2n) is 7.29. The smallest absolute Gasteiger partial charge is 0.189 e. The molecule has 2 fully saturated rings. The van der Waals surface area contributed by atoms with Gasteiger partial charge in [-0.1, -0.05) is 13.0 Å². The predicted octanol–water partition coefficient (Wildman–Crippen LogP) is 2.74. The van der Waals surface area contributed by atoms with Crippen LogP contribution >= 0.6 is 0 Å². The van der Waals surface area contributed by atoms with Gasteiger partial charge in [0, 0.05) is 13.0 Å². The number of methoxy groups -OCH3 is 1. The molecular weight excluding hydrogens is 240 g/mol. The minimum Gasteiger partial charge on any atom is -0.372 e. The highest BCUT2D eigenvalue weighted by atomic mass is 16.6. The van der Waals surface area contributed by atoms with E-state index in [1.165, 1.54) is 0 Å². The Bertz CT molecular complexity index is 439. The molecule has 3 nitrogen and oxygen atoms in total. The molecule has 3 aliphatic rings. The minimum atomic E-state index is -0.755. The molecule has 0 aromatic heterocycles. The lowest BCUT2D eigenvalue weighted by molar-refractivity contribution is -0.235. The van der Waals surface area contributed by atoms with Crippen LogP contribution in [-0.2, 0) is 14.3 Å². The number of carbonyl (C=O) groups is 1. The second kappa shape index (κ2) is 3.92. The summed E-state index contributed by atoms with van der Waals surface area (Å²) in [5.41, 5.74) is -0.766. The predicted molar refractivity (Wildman–Crippen MR) is 72.9 cm³/mol. The number of carbonyl (C=O) groups excluding carboxylic acids is 1. The topological polar surface area (TPSA) is 35.5 Å². The summed E-state index contributed by atoms with van der Waals surface area (Å²) < 4.78 is 11.8. The van der Waals surface area contributed by atoms with Gasteiger partial charge in [0.1, 0.15) is 0 Å². The van der Waals surface area contributed by atoms with Crippen LogP contribution in [0.5, 0.6) is 0 Å². The number of fused-ring (bicyclic) bond motifs is 1. The highest BCUT2D eigenvalue weighted by Gasteiger charge is 2.60. The molecule has 1 saturated carbocycles. The molecule has 0 amide bonds. The van der Waals surface area contributed by atoms with Crippen LogP contribution in [0.4, 0.5) is 0 Å². The molecule has 2 bridgehead atoms. The van der Waals surface area contributed by atoms with E-state index in [-0.39, 0.29) is 22.7 Å². The van der Waals surface area contributed by atoms with E-state index in [0.29, 0.717) is 12.5 Å². The highest BCUT2D eigenvalue weighted by molar-refractivity contribution is 5.98. The number of ketones is 1. The first-order valence-corrected chi connectivity index (χ1v) is 7.26. The Hall–Kier alpha value is -0.670. The summed E-state index contributed by atoms with van der Waals surface area (Å²) in [5.74, 6) is 0.756. The first-order valence-electron chi connectivity index (χ1n) is 7.26. The average molecular weight is 264 g/mol. The summed E-state index contributed by atoms with van der Waals surface area (Å²) in [6, 6.07) is 0. The number of ether oxygens (including phenoxy) is 2. The van der Waals surface area contributed by atoms with Crippen molar-refractivity contribution >= 4 is 5.78 Å². The van der Waals surface area contributed by atoms with E-state index in [0.717, 1.165) is 19.3 Å². The van der Waals surface area contributed by atoms with Crippen LogP contribution < -0.4 is 0 Å². The highest BCUT2D eigenvalue weighted by Crippen LogP contribution is 2.56. The van der Waals surface area contributed by atoms with E-state index >= 15 is 0 Å². The molecule has 0 radical (unpaired) electrons. The summed E-state index contributed by atoms with van der Waals surface area (Å²) in [4.78, 5) is 12.6. The van der Waals surface area contributed by atoms with Crippen molar-refractivity contribution < 1.29 is 14.3 Å². The summed E-state index contributed by atoms with van der Waals surface area (Å²) in [6.07, 6.45) is 7.12. The Morgan fingerprint density at radius 1 is 1.32 bits per heavy atom. The third-order valence-electron chi connectivity index (χ3n) is 5.77. The van der Waals surface area contributed by atoms with E-state index in [1.54, 1.807) is 13.2 Å². The Kier molecular flexibility index (Phi) is 2.75. The molecular formula is C16H24O3. The maximum Gasteiger partial charge on any atom is 0.189 e. The normalized spacial score (nSPS) is 47.9. The number of rotatable bonds is 1. The third-order valence-corrected chi connectivity index (χ3v) is 5.77. The van der Waals surface area contributed by atoms with Gasteiger partial charge in [-0.05, 0) is 50.5 Å². The Labute approximate surface area is 115 Å². The monoisotopic (exact) mass is 264 g/mol. The van der Waals surface area contributed by atoms with E-state index in [2.05, 4.69) is 26.8 Å². The van der Waals surface area contributed by atoms with Crippen LogP contribution in [0.25, 0.3) is 0 Å². The molecule has 1 aliphatic heterocycles. The maximum atomic E-state index is 12.6. The fraction of sp³-hybridized carbons (Fsp3) is 0.812. The van der Waals surface area contributed by atoms with Crippen LogP contribution in [0, 0.1) is 17.3 Å². The second-order valence-corrected chi connectivity index (χ2v) is 7.29. The van der Waals surface area contributed by atoms with Gasteiger partial charge in [-0.2, -0.15) is 0 Å². The van der Waals surface area contributed by atoms with Gasteiger partial charge in [0.25, 0.3) is 0 Å². The van der Waals surface area contributed by atoms with Crippen molar-refractivity contribution in [2.24, 2.45) is 17.3 Å². The summed E-state index contributed by atoms with van der Waals surface area (Å²) in [6.45, 7) is 6.96. The molecule has 2 aliphatic carbocycles. The lowest BCUT2D eigenvalue weighted by Gasteiger charge is -2.56. The zero-order chi connectivity index (χ0) is 13.9. The standard InChI is InChI=1S/C16H24O3/c1-14(2)11-5-7-15(3)8-6-13(17)16(18-4,10-19-14)12(11)9-15/h6,8,11-12H,5,7,9-10H2,1-4H3/t11?,12-,15+,16-/m0/s1. The zero-order valence-electron chi connectivity index (χ0n) is 12.4. The lowest BCUT2D eigenvalue weighted by Crippen LogP contribution is -2.63. The van der Waals surface area contributed by atoms with Gasteiger partial charge in [-0.25, -0.2) is 0 Å². The van der Waals surface area contributed by atoms with E-state index in [1.807, 2.05) is 0 Å². The van der Waals surface area contributed by atoms with Crippen molar-refractivity contribution in [2.75, 3.05) is 13.7 Å². The van der Waals surface area contributed by atoms with Crippen LogP contribution in [0.2, 0.25) is 0 Å². The molecule has 106 valence electrons. The van der Waals surface area contributed by atoms with Crippen molar-refractivity contribution in [3.63, 3.8) is 0 Å². The molecule has 3 rings (SSSR count). The van der Waals surface area contributed by atoms with Crippen LogP contribution in [0.15, 0.2) is 12.2 Å². The Balaban J connectivity index is 2.10. The van der Waals surface area contributed by atoms with E-state index in [9.17, 15) is 4.79 Å². The van der Waals surface area contributed by atoms with Crippen molar-refractivity contribution in [3.8, 4) is 0 Å². The van der Waals surface area contributed by atoms with Crippen molar-refractivity contribution in [1.29, 1.82) is 0 Å². The first-order chi connectivity index (χ1) is 8.83. The fourth-order valence-electron chi connectivity index (χ4n) is 4.40. The van der Waals surface area contributed by atoms with Crippen molar-refractivity contribution in [2.45, 2.75) is 51.2 Å². The van der Waals surface area contributed by atoms with Crippen LogP contribution in [-0.4, -0.2) is 30.7 Å². The number of allylic oxidation sites excluding steroid dienone is 1. The summed E-state index contributed by atoms with van der Waals surface area (Å²) in [5, 5.41) is 0. The number of hydrogen-bond acceptors (Lipinski definition) is 3. The molecule has 4 atom stereocenters. The molecule has 3 heteroatoms. The molecule has 0 spiro atoms. The Morgan fingerprint density at radius 2 is 2.05 bits per heavy atom. The van der Waals surface area contributed by atoms with Crippen molar-refractivity contribution in [3.05, 3.63) is 12.2 Å². The quantitative estimate of drug-likeness (QED) is 0.730. The molecule has 0 aromatic carbocycles. The Morgan fingerprint density at radius 3 is 2.74 bits per heavy atom. The molecule has 1 unspecified atom stereocenters. The van der Waals surface area contributed by atoms with E-state index in [4.69, 9.17) is 9.47 Å². The number of hydrogen-bond donors (Lipinski definition) is 0. The molecule has 0 aromatic rings. The van der Waals surface area contributed by atoms with Gasteiger partial charge in [0.05, 0.1) is 12.2 Å². The van der Waals surface area contributed by atoms with Gasteiger partial charge in [-0.15, -0.1) is 0 Å². The average Bonchev–Trinajstić information content (AvgIpc) is 2.44. The molecule has 1 saturated heterocycles. The van der Waals surface area contributed by atoms with Crippen LogP contribution in [0.1, 0.15) is 40.0 Å². The SMILES string of the molecule is CO[C@]12COC(C)(C)C3CC[C@](C)(C=CC1=O)C[C@@H]32. The summed E-state index contributed by atoms with van der Waals surface area (Å²) >= 11 is 0. The van der Waals surface area contributed by atoms with Gasteiger partial charge in [-0.3, -0.25) is 4.79 Å². The largest absolute Gasteiger partial charge is 0.372 e. The fourth-order valence-corrected chi connectivity index (χ4v) is 4.40. The first kappa shape index (κ1) is 13.3. The van der Waals surface area contributed by atoms with Crippen LogP contribution in [0.3, 0.4) is 0 Å². The third kappa shape index (κ3) is 1.74. The van der Waals surface area contributed by atoms with Crippen molar-refractivity contribution in [1.82, 2.24) is 0 Å². The minimum absolute atomic E-state index is 0.0890. The van der Waals surface area contributed by atoms with E-state index < -0.39 is 5.60 Å². The molecule has 1 heterocycles. The lowest BCUT2D eigenvalue weighted by atomic mass is 9.57. The maximum absolute atomic E-state index is 12.6. The summed E-state index contributed by atoms with van der Waals surface area (Å²) in [7, 11) is 1.65. The van der Waals surface area contributed by atoms with Gasteiger partial charge in [0.2, 0.25) is 0 Å². The van der Waals surface area contributed by atoms with Gasteiger partial charge in [0.15, 0.2) is 11.4 Å².